The summed E-state index contributed by atoms with van der Waals surface area (Å²) < 4.78 is 9.75. The predicted molar refractivity (Wildman–Crippen MR) is 49.6 cm³/mol. The Bertz CT molecular complexity index is 216. The average molecular weight is 183 g/mol. The van der Waals surface area contributed by atoms with E-state index in [0.29, 0.717) is 6.10 Å². The molecular weight excluding hydrogens is 170 g/mol. The summed E-state index contributed by atoms with van der Waals surface area (Å²) in [6.07, 6.45) is 8.71. The van der Waals surface area contributed by atoms with Crippen molar-refractivity contribution in [3.05, 3.63) is 11.6 Å². The van der Waals surface area contributed by atoms with Gasteiger partial charge in [0, 0.05) is 0 Å². The molecule has 1 saturated carbocycles. The lowest BCUT2D eigenvalue weighted by Gasteiger charge is -2.21. The number of rotatable bonds is 2. The SMILES string of the molecule is c1nscc1OC1CCCCC1. The number of nitrogens with zero attached hydrogens (tertiary/aromatic N) is 1. The molecule has 2 rings (SSSR count). The normalized spacial score (nSPS) is 19.3. The fourth-order valence-corrected chi connectivity index (χ4v) is 2.07. The van der Waals surface area contributed by atoms with Gasteiger partial charge in [-0.1, -0.05) is 6.42 Å². The second-order valence-electron chi connectivity index (χ2n) is 3.24. The van der Waals surface area contributed by atoms with E-state index in [0.717, 1.165) is 5.75 Å². The summed E-state index contributed by atoms with van der Waals surface area (Å²) in [5.41, 5.74) is 0. The zero-order chi connectivity index (χ0) is 8.23. The fourth-order valence-electron chi connectivity index (χ4n) is 1.63. The smallest absolute Gasteiger partial charge is 0.150 e. The highest BCUT2D eigenvalue weighted by molar-refractivity contribution is 7.03. The van der Waals surface area contributed by atoms with Crippen LogP contribution in [0.4, 0.5) is 0 Å². The molecule has 0 radical (unpaired) electrons. The van der Waals surface area contributed by atoms with E-state index in [-0.39, 0.29) is 0 Å². The maximum Gasteiger partial charge on any atom is 0.150 e. The van der Waals surface area contributed by atoms with Crippen LogP contribution in [0.5, 0.6) is 5.75 Å². The fraction of sp³-hybridized carbons (Fsp3) is 0.667. The van der Waals surface area contributed by atoms with Crippen LogP contribution in [0.15, 0.2) is 11.6 Å². The first-order valence-corrected chi connectivity index (χ1v) is 5.35. The zero-order valence-electron chi connectivity index (χ0n) is 7.03. The van der Waals surface area contributed by atoms with E-state index >= 15 is 0 Å². The number of hydrogen-bond donors (Lipinski definition) is 0. The van der Waals surface area contributed by atoms with E-state index in [1.165, 1.54) is 43.6 Å². The van der Waals surface area contributed by atoms with E-state index in [9.17, 15) is 0 Å². The van der Waals surface area contributed by atoms with E-state index < -0.39 is 0 Å². The quantitative estimate of drug-likeness (QED) is 0.703. The van der Waals surface area contributed by atoms with Crippen LogP contribution in [-0.2, 0) is 0 Å². The van der Waals surface area contributed by atoms with Crippen LogP contribution in [0, 0.1) is 0 Å². The van der Waals surface area contributed by atoms with Crippen molar-refractivity contribution >= 4 is 11.5 Å². The first kappa shape index (κ1) is 8.05. The van der Waals surface area contributed by atoms with E-state index in [4.69, 9.17) is 4.74 Å². The van der Waals surface area contributed by atoms with Crippen molar-refractivity contribution in [2.45, 2.75) is 38.2 Å². The minimum absolute atomic E-state index is 0.454. The molecular formula is C9H13NOS. The molecule has 1 aromatic rings. The Labute approximate surface area is 76.7 Å². The molecule has 3 heteroatoms. The minimum atomic E-state index is 0.454. The van der Waals surface area contributed by atoms with Gasteiger partial charge in [-0.15, -0.1) is 0 Å². The van der Waals surface area contributed by atoms with Crippen molar-refractivity contribution in [2.75, 3.05) is 0 Å². The maximum absolute atomic E-state index is 5.74. The highest BCUT2D eigenvalue weighted by Crippen LogP contribution is 2.23. The molecule has 2 nitrogen and oxygen atoms in total. The van der Waals surface area contributed by atoms with Gasteiger partial charge in [-0.2, -0.15) is 4.37 Å². The second-order valence-corrected chi connectivity index (χ2v) is 3.90. The van der Waals surface area contributed by atoms with Crippen molar-refractivity contribution in [1.29, 1.82) is 0 Å². The van der Waals surface area contributed by atoms with Crippen LogP contribution in [0.2, 0.25) is 0 Å². The highest BCUT2D eigenvalue weighted by Gasteiger charge is 2.14. The summed E-state index contributed by atoms with van der Waals surface area (Å²) in [5.74, 6) is 0.951. The summed E-state index contributed by atoms with van der Waals surface area (Å²) in [5, 5.41) is 1.97. The van der Waals surface area contributed by atoms with Crippen molar-refractivity contribution in [2.24, 2.45) is 0 Å². The van der Waals surface area contributed by atoms with Gasteiger partial charge < -0.3 is 4.74 Å². The zero-order valence-corrected chi connectivity index (χ0v) is 7.85. The molecule has 0 atom stereocenters. The largest absolute Gasteiger partial charge is 0.488 e. The number of hydrogen-bond acceptors (Lipinski definition) is 3. The topological polar surface area (TPSA) is 22.1 Å². The van der Waals surface area contributed by atoms with E-state index in [2.05, 4.69) is 4.37 Å². The summed E-state index contributed by atoms with van der Waals surface area (Å²) in [4.78, 5) is 0. The van der Waals surface area contributed by atoms with Crippen LogP contribution in [-0.4, -0.2) is 10.5 Å². The van der Waals surface area contributed by atoms with Gasteiger partial charge >= 0.3 is 0 Å². The monoisotopic (exact) mass is 183 g/mol. The van der Waals surface area contributed by atoms with Crippen molar-refractivity contribution in [3.8, 4) is 5.75 Å². The summed E-state index contributed by atoms with van der Waals surface area (Å²) in [7, 11) is 0. The third kappa shape index (κ3) is 1.97. The molecule has 0 amide bonds. The molecule has 66 valence electrons. The summed E-state index contributed by atoms with van der Waals surface area (Å²) >= 11 is 1.45. The molecule has 0 saturated heterocycles. The van der Waals surface area contributed by atoms with Crippen LogP contribution in [0.1, 0.15) is 32.1 Å². The lowest BCUT2D eigenvalue weighted by Crippen LogP contribution is -2.19. The average Bonchev–Trinajstić information content (AvgIpc) is 2.59. The Hall–Kier alpha value is -0.570. The second kappa shape index (κ2) is 3.90. The Morgan fingerprint density at radius 3 is 2.83 bits per heavy atom. The van der Waals surface area contributed by atoms with Gasteiger partial charge in [-0.3, -0.25) is 0 Å². The van der Waals surface area contributed by atoms with Gasteiger partial charge in [-0.05, 0) is 37.2 Å². The Morgan fingerprint density at radius 1 is 1.33 bits per heavy atom. The van der Waals surface area contributed by atoms with Gasteiger partial charge in [0.2, 0.25) is 0 Å². The predicted octanol–water partition coefficient (Wildman–Crippen LogP) is 2.85. The Kier molecular flexibility index (Phi) is 2.61. The van der Waals surface area contributed by atoms with Crippen molar-refractivity contribution < 1.29 is 4.74 Å². The van der Waals surface area contributed by atoms with Gasteiger partial charge in [-0.25, -0.2) is 0 Å². The van der Waals surface area contributed by atoms with Crippen molar-refractivity contribution in [3.63, 3.8) is 0 Å². The van der Waals surface area contributed by atoms with Crippen LogP contribution in [0.3, 0.4) is 0 Å². The molecule has 0 N–H and O–H groups in total. The standard InChI is InChI=1S/C9H13NOS/c1-2-4-8(5-3-1)11-9-6-10-12-7-9/h6-8H,1-5H2. The number of ether oxygens (including phenoxy) is 1. The molecule has 1 fully saturated rings. The van der Waals surface area contributed by atoms with Crippen LogP contribution in [0.25, 0.3) is 0 Å². The lowest BCUT2D eigenvalue weighted by molar-refractivity contribution is 0.155. The highest BCUT2D eigenvalue weighted by atomic mass is 32.1. The molecule has 1 aliphatic carbocycles. The molecule has 12 heavy (non-hydrogen) atoms. The van der Waals surface area contributed by atoms with Gasteiger partial charge in [0.1, 0.15) is 5.75 Å². The van der Waals surface area contributed by atoms with Gasteiger partial charge in [0.25, 0.3) is 0 Å². The molecule has 0 unspecified atom stereocenters. The van der Waals surface area contributed by atoms with Gasteiger partial charge in [0.15, 0.2) is 0 Å². The first-order valence-electron chi connectivity index (χ1n) is 4.51. The van der Waals surface area contributed by atoms with Crippen molar-refractivity contribution in [1.82, 2.24) is 4.37 Å². The third-order valence-electron chi connectivity index (χ3n) is 2.26. The van der Waals surface area contributed by atoms with Gasteiger partial charge in [0.05, 0.1) is 17.7 Å². The molecule has 0 spiro atoms. The minimum Gasteiger partial charge on any atom is -0.488 e. The molecule has 1 heterocycles. The summed E-state index contributed by atoms with van der Waals surface area (Å²) in [6, 6.07) is 0. The molecule has 0 bridgehead atoms. The third-order valence-corrected chi connectivity index (χ3v) is 2.83. The molecule has 0 aliphatic heterocycles. The summed E-state index contributed by atoms with van der Waals surface area (Å²) in [6.45, 7) is 0. The maximum atomic E-state index is 5.74. The molecule has 1 aliphatic rings. The van der Waals surface area contributed by atoms with E-state index in [1.807, 2.05) is 5.38 Å². The Balaban J connectivity index is 1.86. The molecule has 1 aromatic heterocycles. The van der Waals surface area contributed by atoms with E-state index in [1.54, 1.807) is 6.20 Å². The van der Waals surface area contributed by atoms with Crippen LogP contribution >= 0.6 is 11.5 Å². The lowest BCUT2D eigenvalue weighted by atomic mass is 9.98. The Morgan fingerprint density at radius 2 is 2.17 bits per heavy atom. The number of aromatic nitrogens is 1. The van der Waals surface area contributed by atoms with Crippen LogP contribution < -0.4 is 4.74 Å². The molecule has 0 aromatic carbocycles. The first-order chi connectivity index (χ1) is 5.95.